The van der Waals surface area contributed by atoms with Crippen LogP contribution in [-0.4, -0.2) is 50.0 Å². The Morgan fingerprint density at radius 2 is 1.87 bits per heavy atom. The minimum absolute atomic E-state index is 0.0287. The Kier molecular flexibility index (Phi) is 7.02. The second-order valence-electron chi connectivity index (χ2n) is 10.7. The van der Waals surface area contributed by atoms with E-state index in [9.17, 15) is 0 Å². The van der Waals surface area contributed by atoms with Gasteiger partial charge in [-0.25, -0.2) is 4.67 Å². The van der Waals surface area contributed by atoms with Gasteiger partial charge < -0.3 is 18.2 Å². The Bertz CT molecular complexity index is 743. The van der Waals surface area contributed by atoms with Gasteiger partial charge in [-0.1, -0.05) is 58.0 Å². The molecule has 4 rings (SSSR count). The number of hydrogen-bond donors (Lipinski definition) is 0. The van der Waals surface area contributed by atoms with Crippen LogP contribution < -0.4 is 0 Å². The third kappa shape index (κ3) is 4.68. The zero-order valence-electron chi connectivity index (χ0n) is 20.2. The maximum Gasteiger partial charge on any atom is 0.260 e. The standard InChI is InChI=1S/C24H40NO4PSi/c1-8-20-23(21(17(2)26-20)29-31(6,7)24(3,4)5)28-30-25-16-12-15-19(25)22(27-30)18-13-10-9-11-14-18/h9-11,13-14,17,19-23H,8,12,15-16H2,1-7H3/t17-,19-,20+,21+,22+,23?,30+/m0/s1. The lowest BCUT2D eigenvalue weighted by Gasteiger charge is -2.40. The van der Waals surface area contributed by atoms with E-state index >= 15 is 0 Å². The summed E-state index contributed by atoms with van der Waals surface area (Å²) in [6.45, 7) is 16.9. The predicted octanol–water partition coefficient (Wildman–Crippen LogP) is 6.42. The summed E-state index contributed by atoms with van der Waals surface area (Å²) in [5, 5.41) is 0.148. The van der Waals surface area contributed by atoms with Gasteiger partial charge in [-0.2, -0.15) is 0 Å². The molecule has 3 saturated heterocycles. The molecule has 3 aliphatic rings. The van der Waals surface area contributed by atoms with Crippen LogP contribution in [0.5, 0.6) is 0 Å². The Balaban J connectivity index is 1.54. The molecule has 3 heterocycles. The van der Waals surface area contributed by atoms with Crippen molar-refractivity contribution in [1.82, 2.24) is 4.67 Å². The molecule has 3 aliphatic heterocycles. The van der Waals surface area contributed by atoms with Crippen molar-refractivity contribution in [2.24, 2.45) is 0 Å². The lowest BCUT2D eigenvalue weighted by molar-refractivity contribution is 0.0183. The van der Waals surface area contributed by atoms with Gasteiger partial charge in [-0.15, -0.1) is 0 Å². The zero-order chi connectivity index (χ0) is 22.4. The Labute approximate surface area is 190 Å². The lowest BCUT2D eigenvalue weighted by Crippen LogP contribution is -2.49. The minimum Gasteiger partial charge on any atom is -0.409 e. The SMILES string of the molecule is CC[C@H]1O[C@@H](C)[C@@H](O[Si](C)(C)C(C)(C)C)C1O[P@@]1O[C@H](c2ccccc2)[C@@H]2CCCN21. The molecule has 0 aromatic heterocycles. The van der Waals surface area contributed by atoms with Gasteiger partial charge in [-0.05, 0) is 49.9 Å². The van der Waals surface area contributed by atoms with E-state index in [4.69, 9.17) is 18.2 Å². The summed E-state index contributed by atoms with van der Waals surface area (Å²) in [7, 11) is -3.07. The average Bonchev–Trinajstić information content (AvgIpc) is 3.39. The molecule has 5 nitrogen and oxygen atoms in total. The molecular formula is C24H40NO4PSi. The fourth-order valence-corrected chi connectivity index (χ4v) is 8.03. The summed E-state index contributed by atoms with van der Waals surface area (Å²) >= 11 is 0. The molecule has 0 saturated carbocycles. The number of nitrogens with zero attached hydrogens (tertiary/aromatic N) is 1. The number of rotatable bonds is 6. The molecule has 0 spiro atoms. The topological polar surface area (TPSA) is 40.2 Å². The van der Waals surface area contributed by atoms with Crippen LogP contribution >= 0.6 is 8.53 Å². The summed E-state index contributed by atoms with van der Waals surface area (Å²) in [5.74, 6) is 0. The summed E-state index contributed by atoms with van der Waals surface area (Å²) < 4.78 is 29.1. The highest BCUT2D eigenvalue weighted by Crippen LogP contribution is 2.61. The third-order valence-corrected chi connectivity index (χ3v) is 13.8. The monoisotopic (exact) mass is 465 g/mol. The van der Waals surface area contributed by atoms with Gasteiger partial charge in [-0.3, -0.25) is 0 Å². The fraction of sp³-hybridized carbons (Fsp3) is 0.750. The van der Waals surface area contributed by atoms with E-state index in [0.29, 0.717) is 6.04 Å². The van der Waals surface area contributed by atoms with Crippen LogP contribution in [0.4, 0.5) is 0 Å². The van der Waals surface area contributed by atoms with Gasteiger partial charge in [0.25, 0.3) is 8.53 Å². The number of hydrogen-bond acceptors (Lipinski definition) is 5. The van der Waals surface area contributed by atoms with Gasteiger partial charge in [0.2, 0.25) is 0 Å². The number of ether oxygens (including phenoxy) is 1. The van der Waals surface area contributed by atoms with Crippen molar-refractivity contribution in [1.29, 1.82) is 0 Å². The molecule has 7 atom stereocenters. The minimum atomic E-state index is -1.95. The summed E-state index contributed by atoms with van der Waals surface area (Å²) in [5.41, 5.74) is 1.25. The van der Waals surface area contributed by atoms with Crippen molar-refractivity contribution in [3.63, 3.8) is 0 Å². The molecule has 7 heteroatoms. The first-order chi connectivity index (χ1) is 14.6. The van der Waals surface area contributed by atoms with Gasteiger partial charge >= 0.3 is 0 Å². The molecule has 1 unspecified atom stereocenters. The highest BCUT2D eigenvalue weighted by Gasteiger charge is 2.53. The molecule has 0 aliphatic carbocycles. The van der Waals surface area contributed by atoms with Gasteiger partial charge in [0.1, 0.15) is 18.3 Å². The van der Waals surface area contributed by atoms with Crippen molar-refractivity contribution >= 4 is 16.8 Å². The Morgan fingerprint density at radius 3 is 2.52 bits per heavy atom. The van der Waals surface area contributed by atoms with E-state index in [1.807, 2.05) is 0 Å². The predicted molar refractivity (Wildman–Crippen MR) is 128 cm³/mol. The number of fused-ring (bicyclic) bond motifs is 1. The van der Waals surface area contributed by atoms with Gasteiger partial charge in [0, 0.05) is 12.6 Å². The van der Waals surface area contributed by atoms with E-state index in [2.05, 4.69) is 82.7 Å². The highest BCUT2D eigenvalue weighted by molar-refractivity contribution is 7.45. The van der Waals surface area contributed by atoms with Crippen LogP contribution in [0.1, 0.15) is 65.5 Å². The lowest BCUT2D eigenvalue weighted by atomic mass is 10.0. The molecule has 174 valence electrons. The summed E-state index contributed by atoms with van der Waals surface area (Å²) in [4.78, 5) is 0. The van der Waals surface area contributed by atoms with Crippen LogP contribution in [0.15, 0.2) is 30.3 Å². The van der Waals surface area contributed by atoms with E-state index in [0.717, 1.165) is 13.0 Å². The van der Waals surface area contributed by atoms with Crippen LogP contribution in [0.3, 0.4) is 0 Å². The Morgan fingerprint density at radius 1 is 1.16 bits per heavy atom. The van der Waals surface area contributed by atoms with E-state index in [1.165, 1.54) is 18.4 Å². The second kappa shape index (κ2) is 9.13. The molecule has 1 aromatic rings. The normalized spacial score (nSPS) is 36.8. The fourth-order valence-electron chi connectivity index (χ4n) is 4.68. The zero-order valence-corrected chi connectivity index (χ0v) is 22.1. The molecule has 0 N–H and O–H groups in total. The molecule has 3 fully saturated rings. The van der Waals surface area contributed by atoms with Gasteiger partial charge in [0.15, 0.2) is 8.32 Å². The van der Waals surface area contributed by atoms with Gasteiger partial charge in [0.05, 0.1) is 12.2 Å². The Hall–Kier alpha value is -0.333. The molecule has 0 radical (unpaired) electrons. The van der Waals surface area contributed by atoms with Crippen molar-refractivity contribution in [2.75, 3.05) is 6.54 Å². The van der Waals surface area contributed by atoms with E-state index in [1.54, 1.807) is 0 Å². The summed E-state index contributed by atoms with van der Waals surface area (Å²) in [6, 6.07) is 11.0. The molecule has 0 bridgehead atoms. The largest absolute Gasteiger partial charge is 0.409 e. The molecule has 31 heavy (non-hydrogen) atoms. The van der Waals surface area contributed by atoms with Crippen LogP contribution in [0.2, 0.25) is 18.1 Å². The third-order valence-electron chi connectivity index (χ3n) is 7.55. The first kappa shape index (κ1) is 23.8. The number of benzene rings is 1. The molecular weight excluding hydrogens is 425 g/mol. The van der Waals surface area contributed by atoms with Crippen LogP contribution in [0, 0.1) is 0 Å². The van der Waals surface area contributed by atoms with Crippen LogP contribution in [0.25, 0.3) is 0 Å². The smallest absolute Gasteiger partial charge is 0.260 e. The maximum atomic E-state index is 6.88. The van der Waals surface area contributed by atoms with E-state index in [-0.39, 0.29) is 35.6 Å². The van der Waals surface area contributed by atoms with E-state index < -0.39 is 16.8 Å². The van der Waals surface area contributed by atoms with Crippen molar-refractivity contribution in [3.05, 3.63) is 35.9 Å². The highest BCUT2D eigenvalue weighted by atomic mass is 31.2. The second-order valence-corrected chi connectivity index (χ2v) is 16.9. The average molecular weight is 466 g/mol. The summed E-state index contributed by atoms with van der Waals surface area (Å²) in [6.07, 6.45) is 3.33. The maximum absolute atomic E-state index is 6.88. The van der Waals surface area contributed by atoms with Crippen molar-refractivity contribution < 1.29 is 18.2 Å². The first-order valence-corrected chi connectivity index (χ1v) is 15.9. The first-order valence-electron chi connectivity index (χ1n) is 11.9. The van der Waals surface area contributed by atoms with Crippen molar-refractivity contribution in [2.45, 2.75) is 109 Å². The van der Waals surface area contributed by atoms with Crippen LogP contribution in [-0.2, 0) is 18.2 Å². The van der Waals surface area contributed by atoms with Crippen molar-refractivity contribution in [3.8, 4) is 0 Å². The molecule has 1 aromatic carbocycles. The molecule has 0 amide bonds. The quantitative estimate of drug-likeness (QED) is 0.358.